The number of fused-ring (bicyclic) bond motifs is 1. The van der Waals surface area contributed by atoms with Crippen LogP contribution in [0.4, 0.5) is 0 Å². The third-order valence-electron chi connectivity index (χ3n) is 4.15. The highest BCUT2D eigenvalue weighted by atomic mass is 16.5. The van der Waals surface area contributed by atoms with E-state index in [9.17, 15) is 0 Å². The molecule has 2 aromatic rings. The molecule has 2 atom stereocenters. The van der Waals surface area contributed by atoms with Crippen molar-refractivity contribution in [3.63, 3.8) is 0 Å². The molecule has 0 amide bonds. The number of benzene rings is 1. The minimum Gasteiger partial charge on any atom is -0.490 e. The zero-order valence-electron chi connectivity index (χ0n) is 12.6. The fourth-order valence-electron chi connectivity index (χ4n) is 2.84. The molecular weight excluding hydrogens is 264 g/mol. The quantitative estimate of drug-likeness (QED) is 0.917. The predicted octanol–water partition coefficient (Wildman–Crippen LogP) is 2.55. The van der Waals surface area contributed by atoms with Gasteiger partial charge in [0.05, 0.1) is 6.61 Å². The van der Waals surface area contributed by atoms with Gasteiger partial charge in [0.1, 0.15) is 17.9 Å². The van der Waals surface area contributed by atoms with Gasteiger partial charge < -0.3 is 14.8 Å². The Morgan fingerprint density at radius 2 is 2.29 bits per heavy atom. The second-order valence-corrected chi connectivity index (χ2v) is 5.61. The van der Waals surface area contributed by atoms with Gasteiger partial charge in [-0.3, -0.25) is 0 Å². The number of nitrogens with one attached hydrogen (secondary N) is 1. The van der Waals surface area contributed by atoms with Gasteiger partial charge in [0.15, 0.2) is 0 Å². The van der Waals surface area contributed by atoms with Crippen LogP contribution in [0, 0.1) is 12.8 Å². The smallest absolute Gasteiger partial charge is 0.145 e. The van der Waals surface area contributed by atoms with Gasteiger partial charge in [0, 0.05) is 29.6 Å². The second kappa shape index (κ2) is 6.41. The van der Waals surface area contributed by atoms with E-state index in [1.54, 1.807) is 0 Å². The minimum absolute atomic E-state index is 0.313. The summed E-state index contributed by atoms with van der Waals surface area (Å²) in [6, 6.07) is 10.5. The average Bonchev–Trinajstić information content (AvgIpc) is 3.02. The molecule has 1 aromatic carbocycles. The van der Waals surface area contributed by atoms with Gasteiger partial charge >= 0.3 is 0 Å². The Morgan fingerprint density at radius 3 is 3.05 bits per heavy atom. The predicted molar refractivity (Wildman–Crippen MR) is 83.7 cm³/mol. The Balaban J connectivity index is 1.76. The van der Waals surface area contributed by atoms with Crippen LogP contribution < -0.4 is 10.1 Å². The van der Waals surface area contributed by atoms with E-state index < -0.39 is 0 Å². The molecule has 2 unspecified atom stereocenters. The number of likely N-dealkylation sites (N-methyl/N-ethyl adjacent to an activating group) is 1. The molecule has 0 spiro atoms. The number of aryl methyl sites for hydroxylation is 1. The maximum absolute atomic E-state index is 6.06. The van der Waals surface area contributed by atoms with Crippen LogP contribution in [0.1, 0.15) is 12.1 Å². The summed E-state index contributed by atoms with van der Waals surface area (Å²) in [5.41, 5.74) is 1.95. The summed E-state index contributed by atoms with van der Waals surface area (Å²) in [7, 11) is 1.98. The number of rotatable bonds is 5. The standard InChI is InChI=1S/C17H22N2O2/c1-12-6-7-13-4-3-5-16(17(13)19-12)21-11-15(18-2)14-8-9-20-10-14/h3-7,14-15,18H,8-11H2,1-2H3. The van der Waals surface area contributed by atoms with Crippen molar-refractivity contribution in [2.45, 2.75) is 19.4 Å². The monoisotopic (exact) mass is 286 g/mol. The Bertz CT molecular complexity index is 609. The molecule has 0 aliphatic carbocycles. The summed E-state index contributed by atoms with van der Waals surface area (Å²) < 4.78 is 11.5. The molecule has 1 fully saturated rings. The first-order chi connectivity index (χ1) is 10.3. The zero-order chi connectivity index (χ0) is 14.7. The number of para-hydroxylation sites is 1. The molecule has 1 saturated heterocycles. The van der Waals surface area contributed by atoms with Crippen LogP contribution in [0.15, 0.2) is 30.3 Å². The van der Waals surface area contributed by atoms with Crippen molar-refractivity contribution in [3.8, 4) is 5.75 Å². The van der Waals surface area contributed by atoms with E-state index in [4.69, 9.17) is 9.47 Å². The lowest BCUT2D eigenvalue weighted by Crippen LogP contribution is -2.39. The van der Waals surface area contributed by atoms with E-state index in [2.05, 4.69) is 22.4 Å². The van der Waals surface area contributed by atoms with Crippen LogP contribution in [0.3, 0.4) is 0 Å². The molecule has 112 valence electrons. The fourth-order valence-corrected chi connectivity index (χ4v) is 2.84. The van der Waals surface area contributed by atoms with Crippen LogP contribution in [0.2, 0.25) is 0 Å². The van der Waals surface area contributed by atoms with Crippen LogP contribution in [-0.2, 0) is 4.74 Å². The highest BCUT2D eigenvalue weighted by molar-refractivity contribution is 5.84. The van der Waals surface area contributed by atoms with Crippen LogP contribution >= 0.6 is 0 Å². The van der Waals surface area contributed by atoms with Crippen molar-refractivity contribution in [2.75, 3.05) is 26.9 Å². The largest absolute Gasteiger partial charge is 0.490 e. The summed E-state index contributed by atoms with van der Waals surface area (Å²) in [6.07, 6.45) is 1.10. The Hall–Kier alpha value is -1.65. The summed E-state index contributed by atoms with van der Waals surface area (Å²) in [4.78, 5) is 4.61. The molecule has 0 bridgehead atoms. The lowest BCUT2D eigenvalue weighted by atomic mass is 10.00. The first-order valence-corrected chi connectivity index (χ1v) is 7.52. The molecule has 4 heteroatoms. The summed E-state index contributed by atoms with van der Waals surface area (Å²) in [5.74, 6) is 1.38. The lowest BCUT2D eigenvalue weighted by Gasteiger charge is -2.22. The molecule has 2 heterocycles. The maximum Gasteiger partial charge on any atom is 0.145 e. The van der Waals surface area contributed by atoms with Crippen molar-refractivity contribution in [2.24, 2.45) is 5.92 Å². The number of hydrogen-bond donors (Lipinski definition) is 1. The topological polar surface area (TPSA) is 43.4 Å². The molecular formula is C17H22N2O2. The van der Waals surface area contributed by atoms with Crippen LogP contribution in [0.25, 0.3) is 10.9 Å². The molecule has 0 saturated carbocycles. The molecule has 1 aliphatic heterocycles. The number of hydrogen-bond acceptors (Lipinski definition) is 4. The molecule has 0 radical (unpaired) electrons. The SMILES string of the molecule is CNC(COc1cccc2ccc(C)nc12)C1CCOC1. The number of pyridine rings is 1. The van der Waals surface area contributed by atoms with Gasteiger partial charge in [0.25, 0.3) is 0 Å². The highest BCUT2D eigenvalue weighted by Gasteiger charge is 2.25. The van der Waals surface area contributed by atoms with Crippen molar-refractivity contribution >= 4 is 10.9 Å². The number of aromatic nitrogens is 1. The molecule has 1 aliphatic rings. The van der Waals surface area contributed by atoms with Gasteiger partial charge in [-0.2, -0.15) is 0 Å². The first kappa shape index (κ1) is 14.3. The van der Waals surface area contributed by atoms with E-state index in [1.807, 2.05) is 32.2 Å². The Morgan fingerprint density at radius 1 is 1.38 bits per heavy atom. The average molecular weight is 286 g/mol. The van der Waals surface area contributed by atoms with Gasteiger partial charge in [-0.25, -0.2) is 4.98 Å². The Labute approximate surface area is 125 Å². The summed E-state index contributed by atoms with van der Waals surface area (Å²) in [5, 5.41) is 4.46. The molecule has 21 heavy (non-hydrogen) atoms. The second-order valence-electron chi connectivity index (χ2n) is 5.61. The van der Waals surface area contributed by atoms with Gasteiger partial charge in [-0.05, 0) is 32.5 Å². The van der Waals surface area contributed by atoms with Gasteiger partial charge in [-0.1, -0.05) is 18.2 Å². The Kier molecular flexibility index (Phi) is 4.36. The van der Waals surface area contributed by atoms with Crippen LogP contribution in [0.5, 0.6) is 5.75 Å². The van der Waals surface area contributed by atoms with Gasteiger partial charge in [-0.15, -0.1) is 0 Å². The summed E-state index contributed by atoms with van der Waals surface area (Å²) >= 11 is 0. The third-order valence-corrected chi connectivity index (χ3v) is 4.15. The highest BCUT2D eigenvalue weighted by Crippen LogP contribution is 2.25. The number of nitrogens with zero attached hydrogens (tertiary/aromatic N) is 1. The molecule has 3 rings (SSSR count). The molecule has 4 nitrogen and oxygen atoms in total. The molecule has 1 N–H and O–H groups in total. The van der Waals surface area contributed by atoms with Crippen molar-refractivity contribution in [3.05, 3.63) is 36.0 Å². The zero-order valence-corrected chi connectivity index (χ0v) is 12.6. The van der Waals surface area contributed by atoms with Crippen molar-refractivity contribution in [1.82, 2.24) is 10.3 Å². The van der Waals surface area contributed by atoms with E-state index in [-0.39, 0.29) is 0 Å². The summed E-state index contributed by atoms with van der Waals surface area (Å²) in [6.45, 7) is 4.32. The number of ether oxygens (including phenoxy) is 2. The van der Waals surface area contributed by atoms with Crippen molar-refractivity contribution in [1.29, 1.82) is 0 Å². The van der Waals surface area contributed by atoms with E-state index in [1.165, 1.54) is 0 Å². The van der Waals surface area contributed by atoms with Crippen molar-refractivity contribution < 1.29 is 9.47 Å². The molecule has 1 aromatic heterocycles. The first-order valence-electron chi connectivity index (χ1n) is 7.52. The van der Waals surface area contributed by atoms with E-state index >= 15 is 0 Å². The third kappa shape index (κ3) is 3.17. The fraction of sp³-hybridized carbons (Fsp3) is 0.471. The minimum atomic E-state index is 0.313. The van der Waals surface area contributed by atoms with Gasteiger partial charge in [0.2, 0.25) is 0 Å². The normalized spacial score (nSPS) is 19.8. The lowest BCUT2D eigenvalue weighted by molar-refractivity contribution is 0.163. The van der Waals surface area contributed by atoms with E-state index in [0.717, 1.165) is 42.0 Å². The van der Waals surface area contributed by atoms with E-state index in [0.29, 0.717) is 18.6 Å². The maximum atomic E-state index is 6.06. The van der Waals surface area contributed by atoms with Crippen LogP contribution in [-0.4, -0.2) is 37.9 Å².